The molecule has 0 N–H and O–H groups in total. The standard InChI is InChI=1S/C24H46BFO2/c1-7-9-11-13-14-15-16-18-20-22(26)21(19-17-12-10-8-2)25-27-23(3,4)24(5,6)28-25/h7-20H2,1-6H3/b22-21+. The van der Waals surface area contributed by atoms with E-state index in [-0.39, 0.29) is 5.83 Å². The number of hydrogen-bond acceptors (Lipinski definition) is 2. The third kappa shape index (κ3) is 8.57. The highest BCUT2D eigenvalue weighted by Gasteiger charge is 2.52. The lowest BCUT2D eigenvalue weighted by Crippen LogP contribution is -2.41. The summed E-state index contributed by atoms with van der Waals surface area (Å²) in [4.78, 5) is 0. The molecule has 28 heavy (non-hydrogen) atoms. The van der Waals surface area contributed by atoms with Crippen molar-refractivity contribution in [2.24, 2.45) is 0 Å². The van der Waals surface area contributed by atoms with Crippen LogP contribution in [0.5, 0.6) is 0 Å². The highest BCUT2D eigenvalue weighted by atomic mass is 19.1. The molecule has 1 rings (SSSR count). The molecule has 0 bridgehead atoms. The lowest BCUT2D eigenvalue weighted by molar-refractivity contribution is 0.00578. The van der Waals surface area contributed by atoms with Crippen LogP contribution in [0.4, 0.5) is 4.39 Å². The van der Waals surface area contributed by atoms with Crippen LogP contribution in [0.3, 0.4) is 0 Å². The topological polar surface area (TPSA) is 18.5 Å². The van der Waals surface area contributed by atoms with Gasteiger partial charge in [0, 0.05) is 0 Å². The van der Waals surface area contributed by atoms with Crippen LogP contribution in [0.2, 0.25) is 0 Å². The normalized spacial score (nSPS) is 19.2. The summed E-state index contributed by atoms with van der Waals surface area (Å²) < 4.78 is 27.5. The molecule has 2 nitrogen and oxygen atoms in total. The summed E-state index contributed by atoms with van der Waals surface area (Å²) in [5.74, 6) is 0.0148. The van der Waals surface area contributed by atoms with Crippen molar-refractivity contribution in [3.63, 3.8) is 0 Å². The summed E-state index contributed by atoms with van der Waals surface area (Å²) in [5.41, 5.74) is -0.0614. The molecule has 0 aromatic heterocycles. The van der Waals surface area contributed by atoms with Crippen molar-refractivity contribution in [1.82, 2.24) is 0 Å². The highest BCUT2D eigenvalue weighted by Crippen LogP contribution is 2.40. The molecule has 0 unspecified atom stereocenters. The lowest BCUT2D eigenvalue weighted by atomic mass is 9.74. The fourth-order valence-corrected chi connectivity index (χ4v) is 3.68. The maximum atomic E-state index is 15.1. The smallest absolute Gasteiger partial charge is 0.399 e. The van der Waals surface area contributed by atoms with Crippen molar-refractivity contribution in [1.29, 1.82) is 0 Å². The highest BCUT2D eigenvalue weighted by molar-refractivity contribution is 6.54. The first-order valence-electron chi connectivity index (χ1n) is 12.0. The second-order valence-corrected chi connectivity index (χ2v) is 9.55. The van der Waals surface area contributed by atoms with Crippen LogP contribution in [0.25, 0.3) is 0 Å². The van der Waals surface area contributed by atoms with E-state index in [1.165, 1.54) is 51.4 Å². The van der Waals surface area contributed by atoms with Crippen LogP contribution < -0.4 is 0 Å². The molecule has 1 aliphatic rings. The van der Waals surface area contributed by atoms with Crippen molar-refractivity contribution in [2.75, 3.05) is 0 Å². The molecule has 4 heteroatoms. The monoisotopic (exact) mass is 396 g/mol. The molecule has 1 aliphatic heterocycles. The molecule has 0 amide bonds. The Hall–Kier alpha value is -0.345. The largest absolute Gasteiger partial charge is 0.493 e. The first-order valence-corrected chi connectivity index (χ1v) is 12.0. The predicted molar refractivity (Wildman–Crippen MR) is 120 cm³/mol. The summed E-state index contributed by atoms with van der Waals surface area (Å²) in [6.07, 6.45) is 15.7. The second-order valence-electron chi connectivity index (χ2n) is 9.55. The Balaban J connectivity index is 2.57. The molecule has 164 valence electrons. The first-order chi connectivity index (χ1) is 13.2. The number of halogens is 1. The van der Waals surface area contributed by atoms with Gasteiger partial charge in [-0.05, 0) is 52.4 Å². The van der Waals surface area contributed by atoms with Crippen LogP contribution in [0.15, 0.2) is 11.3 Å². The van der Waals surface area contributed by atoms with E-state index >= 15 is 4.39 Å². The van der Waals surface area contributed by atoms with Crippen molar-refractivity contribution in [3.05, 3.63) is 11.3 Å². The minimum atomic E-state index is -0.527. The Labute approximate surface area is 175 Å². The van der Waals surface area contributed by atoms with E-state index < -0.39 is 18.3 Å². The van der Waals surface area contributed by atoms with Gasteiger partial charge >= 0.3 is 7.12 Å². The van der Waals surface area contributed by atoms with Crippen molar-refractivity contribution in [2.45, 2.75) is 143 Å². The van der Waals surface area contributed by atoms with Gasteiger partial charge in [0.2, 0.25) is 0 Å². The molecule has 0 saturated carbocycles. The zero-order chi connectivity index (χ0) is 21.0. The van der Waals surface area contributed by atoms with Gasteiger partial charge in [-0.15, -0.1) is 0 Å². The van der Waals surface area contributed by atoms with Crippen LogP contribution in [-0.4, -0.2) is 18.3 Å². The number of allylic oxidation sites excluding steroid dienone is 2. The number of rotatable bonds is 15. The van der Waals surface area contributed by atoms with Crippen LogP contribution in [0.1, 0.15) is 131 Å². The van der Waals surface area contributed by atoms with Crippen LogP contribution >= 0.6 is 0 Å². The Morgan fingerprint density at radius 2 is 1.04 bits per heavy atom. The summed E-state index contributed by atoms with van der Waals surface area (Å²) in [6.45, 7) is 12.6. The Morgan fingerprint density at radius 1 is 0.643 bits per heavy atom. The van der Waals surface area contributed by atoms with E-state index in [0.29, 0.717) is 6.42 Å². The predicted octanol–water partition coefficient (Wildman–Crippen LogP) is 8.34. The van der Waals surface area contributed by atoms with E-state index in [9.17, 15) is 0 Å². The Kier molecular flexibility index (Phi) is 12.0. The minimum Gasteiger partial charge on any atom is -0.399 e. The molecule has 0 aromatic rings. The second kappa shape index (κ2) is 13.1. The summed E-state index contributed by atoms with van der Waals surface area (Å²) in [7, 11) is -0.527. The van der Waals surface area contributed by atoms with Crippen molar-refractivity contribution in [3.8, 4) is 0 Å². The molecule has 1 heterocycles. The lowest BCUT2D eigenvalue weighted by Gasteiger charge is -2.32. The van der Waals surface area contributed by atoms with Gasteiger partial charge in [-0.3, -0.25) is 0 Å². The SMILES string of the molecule is CCCCCCCCCC/C(F)=C(/CCCCCC)B1OC(C)(C)C(C)(C)O1. The number of hydrogen-bond donors (Lipinski definition) is 0. The quantitative estimate of drug-likeness (QED) is 0.205. The van der Waals surface area contributed by atoms with Gasteiger partial charge in [-0.25, -0.2) is 4.39 Å². The van der Waals surface area contributed by atoms with Crippen LogP contribution in [-0.2, 0) is 9.31 Å². The van der Waals surface area contributed by atoms with Gasteiger partial charge in [0.1, 0.15) is 0 Å². The molecule has 0 aromatic carbocycles. The molecule has 0 spiro atoms. The van der Waals surface area contributed by atoms with E-state index in [0.717, 1.165) is 37.6 Å². The molecule has 1 saturated heterocycles. The van der Waals surface area contributed by atoms with Gasteiger partial charge < -0.3 is 9.31 Å². The van der Waals surface area contributed by atoms with E-state index in [1.54, 1.807) is 0 Å². The molecule has 1 fully saturated rings. The average molecular weight is 396 g/mol. The third-order valence-corrected chi connectivity index (χ3v) is 6.44. The molecular formula is C24H46BFO2. The maximum absolute atomic E-state index is 15.1. The fraction of sp³-hybridized carbons (Fsp3) is 0.917. The van der Waals surface area contributed by atoms with Gasteiger partial charge in [0.25, 0.3) is 0 Å². The summed E-state index contributed by atoms with van der Waals surface area (Å²) in [5, 5.41) is 0. The Morgan fingerprint density at radius 3 is 1.54 bits per heavy atom. The minimum absolute atomic E-state index is 0.0148. The maximum Gasteiger partial charge on any atom is 0.493 e. The van der Waals surface area contributed by atoms with Gasteiger partial charge in [-0.2, -0.15) is 0 Å². The van der Waals surface area contributed by atoms with E-state index in [1.807, 2.05) is 27.7 Å². The van der Waals surface area contributed by atoms with Crippen LogP contribution in [0, 0.1) is 0 Å². The summed E-state index contributed by atoms with van der Waals surface area (Å²) in [6, 6.07) is 0. The van der Waals surface area contributed by atoms with Gasteiger partial charge in [-0.1, -0.05) is 84.5 Å². The molecule has 0 radical (unpaired) electrons. The third-order valence-electron chi connectivity index (χ3n) is 6.44. The Bertz CT molecular complexity index is 444. The molecule has 0 atom stereocenters. The molecule has 0 aliphatic carbocycles. The van der Waals surface area contributed by atoms with E-state index in [2.05, 4.69) is 13.8 Å². The number of unbranched alkanes of at least 4 members (excludes halogenated alkanes) is 10. The van der Waals surface area contributed by atoms with Gasteiger partial charge in [0.15, 0.2) is 0 Å². The summed E-state index contributed by atoms with van der Waals surface area (Å²) >= 11 is 0. The van der Waals surface area contributed by atoms with Gasteiger partial charge in [0.05, 0.1) is 17.0 Å². The zero-order valence-corrected chi connectivity index (χ0v) is 19.7. The van der Waals surface area contributed by atoms with E-state index in [4.69, 9.17) is 9.31 Å². The molecular weight excluding hydrogens is 350 g/mol. The zero-order valence-electron chi connectivity index (χ0n) is 19.7. The van der Waals surface area contributed by atoms with Crippen molar-refractivity contribution < 1.29 is 13.7 Å². The van der Waals surface area contributed by atoms with Crippen molar-refractivity contribution >= 4 is 7.12 Å². The fourth-order valence-electron chi connectivity index (χ4n) is 3.68. The average Bonchev–Trinajstić information content (AvgIpc) is 2.84. The first kappa shape index (κ1) is 25.7.